The predicted molar refractivity (Wildman–Crippen MR) is 84.2 cm³/mol. The number of hydrogen-bond donors (Lipinski definition) is 2. The smallest absolute Gasteiger partial charge is 0.404 e. The highest BCUT2D eigenvalue weighted by Gasteiger charge is 2.57. The lowest BCUT2D eigenvalue weighted by Crippen LogP contribution is -2.49. The molecule has 0 radical (unpaired) electrons. The van der Waals surface area contributed by atoms with Gasteiger partial charge in [-0.15, -0.1) is 0 Å². The number of ketones is 1. The van der Waals surface area contributed by atoms with Gasteiger partial charge in [-0.2, -0.15) is 0 Å². The highest BCUT2D eigenvalue weighted by Crippen LogP contribution is 2.56. The van der Waals surface area contributed by atoms with Crippen LogP contribution in [0, 0.1) is 11.3 Å². The van der Waals surface area contributed by atoms with Gasteiger partial charge in [0.25, 0.3) is 0 Å². The predicted octanol–water partition coefficient (Wildman–Crippen LogP) is 3.84. The molecule has 4 atom stereocenters. The Labute approximate surface area is 134 Å². The van der Waals surface area contributed by atoms with Gasteiger partial charge in [-0.1, -0.05) is 36.7 Å². The lowest BCUT2D eigenvalue weighted by atomic mass is 9.71. The van der Waals surface area contributed by atoms with Crippen molar-refractivity contribution in [2.45, 2.75) is 44.6 Å². The molecule has 0 aliphatic heterocycles. The molecule has 2 fully saturated rings. The second kappa shape index (κ2) is 5.58. The highest BCUT2D eigenvalue weighted by atomic mass is 35.5. The van der Waals surface area contributed by atoms with E-state index in [9.17, 15) is 9.59 Å². The zero-order valence-electron chi connectivity index (χ0n) is 12.5. The minimum Gasteiger partial charge on any atom is -0.465 e. The number of benzene rings is 1. The van der Waals surface area contributed by atoms with Gasteiger partial charge >= 0.3 is 6.09 Å². The molecule has 0 saturated heterocycles. The van der Waals surface area contributed by atoms with Crippen molar-refractivity contribution in [3.05, 3.63) is 34.9 Å². The lowest BCUT2D eigenvalue weighted by Gasteiger charge is -2.35. The first-order valence-electron chi connectivity index (χ1n) is 7.72. The third-order valence-electron chi connectivity index (χ3n) is 5.44. The van der Waals surface area contributed by atoms with Crippen LogP contribution in [0.1, 0.15) is 44.1 Å². The van der Waals surface area contributed by atoms with E-state index in [-0.39, 0.29) is 17.7 Å². The molecule has 1 aromatic rings. The van der Waals surface area contributed by atoms with Crippen LogP contribution in [-0.2, 0) is 4.79 Å². The largest absolute Gasteiger partial charge is 0.465 e. The topological polar surface area (TPSA) is 66.4 Å². The summed E-state index contributed by atoms with van der Waals surface area (Å²) in [4.78, 5) is 24.2. The zero-order valence-corrected chi connectivity index (χ0v) is 13.3. The molecular formula is C17H20ClNO3. The number of hydrogen-bond acceptors (Lipinski definition) is 2. The molecule has 118 valence electrons. The van der Waals surface area contributed by atoms with Crippen molar-refractivity contribution in [2.24, 2.45) is 11.3 Å². The van der Waals surface area contributed by atoms with E-state index in [2.05, 4.69) is 5.32 Å². The fraction of sp³-hybridized carbons (Fsp3) is 0.529. The third-order valence-corrected chi connectivity index (χ3v) is 5.79. The van der Waals surface area contributed by atoms with Crippen molar-refractivity contribution >= 4 is 23.5 Å². The summed E-state index contributed by atoms with van der Waals surface area (Å²) in [5.41, 5.74) is 0.273. The third kappa shape index (κ3) is 2.39. The first kappa shape index (κ1) is 15.3. The Balaban J connectivity index is 1.89. The van der Waals surface area contributed by atoms with Crippen LogP contribution in [-0.4, -0.2) is 23.0 Å². The average molecular weight is 322 g/mol. The Morgan fingerprint density at radius 3 is 2.77 bits per heavy atom. The Morgan fingerprint density at radius 1 is 1.41 bits per heavy atom. The van der Waals surface area contributed by atoms with Crippen LogP contribution in [0.25, 0.3) is 0 Å². The van der Waals surface area contributed by atoms with Crippen molar-refractivity contribution < 1.29 is 14.7 Å². The lowest BCUT2D eigenvalue weighted by molar-refractivity contribution is -0.130. The van der Waals surface area contributed by atoms with Crippen molar-refractivity contribution in [2.75, 3.05) is 0 Å². The van der Waals surface area contributed by atoms with Crippen LogP contribution >= 0.6 is 11.6 Å². The average Bonchev–Trinajstić information content (AvgIpc) is 3.04. The normalized spacial score (nSPS) is 31.0. The van der Waals surface area contributed by atoms with Crippen molar-refractivity contribution in [3.63, 3.8) is 0 Å². The Morgan fingerprint density at radius 2 is 2.14 bits per heavy atom. The SMILES string of the molecule is C[C@@H](C(=O)C12CCC(C[C@H]1NC(=O)O)C2)c1ccccc1Cl. The van der Waals surface area contributed by atoms with E-state index in [1.165, 1.54) is 0 Å². The minimum atomic E-state index is -1.05. The van der Waals surface area contributed by atoms with Gasteiger partial charge in [0, 0.05) is 17.0 Å². The van der Waals surface area contributed by atoms with E-state index in [0.717, 1.165) is 31.2 Å². The monoisotopic (exact) mass is 321 g/mol. The molecule has 5 heteroatoms. The minimum absolute atomic E-state index is 0.124. The molecule has 2 N–H and O–H groups in total. The molecule has 1 aromatic carbocycles. The Kier molecular flexibility index (Phi) is 3.89. The van der Waals surface area contributed by atoms with E-state index in [0.29, 0.717) is 10.9 Å². The molecule has 2 aliphatic rings. The maximum absolute atomic E-state index is 13.2. The second-order valence-electron chi connectivity index (χ2n) is 6.61. The summed E-state index contributed by atoms with van der Waals surface area (Å²) in [5, 5.41) is 12.2. The van der Waals surface area contributed by atoms with Crippen LogP contribution in [0.5, 0.6) is 0 Å². The number of fused-ring (bicyclic) bond motifs is 2. The summed E-state index contributed by atoms with van der Waals surface area (Å²) < 4.78 is 0. The van der Waals surface area contributed by atoms with Crippen LogP contribution in [0.3, 0.4) is 0 Å². The maximum atomic E-state index is 13.2. The second-order valence-corrected chi connectivity index (χ2v) is 7.02. The van der Waals surface area contributed by atoms with Crippen molar-refractivity contribution in [1.82, 2.24) is 5.32 Å². The number of nitrogens with one attached hydrogen (secondary N) is 1. The molecule has 2 aliphatic carbocycles. The Bertz CT molecular complexity index is 618. The van der Waals surface area contributed by atoms with Crippen molar-refractivity contribution in [3.8, 4) is 0 Å². The standard InChI is InChI=1S/C17H20ClNO3/c1-10(12-4-2-3-5-13(12)18)15(20)17-7-6-11(9-17)8-14(17)19-16(21)22/h2-5,10-11,14,19H,6-9H2,1H3,(H,21,22)/t10-,11?,14-,17?/m1/s1. The molecule has 2 saturated carbocycles. The van der Waals surface area contributed by atoms with Gasteiger partial charge in [-0.3, -0.25) is 4.79 Å². The van der Waals surface area contributed by atoms with Gasteiger partial charge in [0.05, 0.1) is 5.41 Å². The van der Waals surface area contributed by atoms with Gasteiger partial charge in [-0.05, 0) is 43.2 Å². The van der Waals surface area contributed by atoms with Crippen LogP contribution in [0.15, 0.2) is 24.3 Å². The molecule has 4 nitrogen and oxygen atoms in total. The molecule has 2 unspecified atom stereocenters. The van der Waals surface area contributed by atoms with E-state index >= 15 is 0 Å². The van der Waals surface area contributed by atoms with Gasteiger partial charge in [0.15, 0.2) is 0 Å². The summed E-state index contributed by atoms with van der Waals surface area (Å²) in [6.45, 7) is 1.88. The molecule has 3 rings (SSSR count). The van der Waals surface area contributed by atoms with Gasteiger partial charge < -0.3 is 10.4 Å². The van der Waals surface area contributed by atoms with E-state index in [4.69, 9.17) is 16.7 Å². The molecular weight excluding hydrogens is 302 g/mol. The van der Waals surface area contributed by atoms with E-state index in [1.807, 2.05) is 25.1 Å². The fourth-order valence-electron chi connectivity index (χ4n) is 4.40. The number of carbonyl (C=O) groups is 2. The van der Waals surface area contributed by atoms with Crippen LogP contribution in [0.2, 0.25) is 5.02 Å². The molecule has 2 bridgehead atoms. The van der Waals surface area contributed by atoms with Gasteiger partial charge in [-0.25, -0.2) is 4.79 Å². The van der Waals surface area contributed by atoms with Crippen LogP contribution < -0.4 is 5.32 Å². The summed E-state index contributed by atoms with van der Waals surface area (Å²) in [6.07, 6.45) is 2.31. The number of rotatable bonds is 4. The Hall–Kier alpha value is -1.55. The maximum Gasteiger partial charge on any atom is 0.404 e. The molecule has 0 aromatic heterocycles. The highest BCUT2D eigenvalue weighted by molar-refractivity contribution is 6.31. The zero-order chi connectivity index (χ0) is 15.9. The quantitative estimate of drug-likeness (QED) is 0.885. The summed E-state index contributed by atoms with van der Waals surface area (Å²) in [7, 11) is 0. The molecule has 0 heterocycles. The van der Waals surface area contributed by atoms with Gasteiger partial charge in [0.1, 0.15) is 5.78 Å². The fourth-order valence-corrected chi connectivity index (χ4v) is 4.70. The molecule has 1 amide bonds. The van der Waals surface area contributed by atoms with Crippen LogP contribution in [0.4, 0.5) is 4.79 Å². The van der Waals surface area contributed by atoms with E-state index in [1.54, 1.807) is 6.07 Å². The number of halogens is 1. The number of Topliss-reactive ketones (excluding diaryl/α,β-unsaturated/α-hetero) is 1. The first-order chi connectivity index (χ1) is 10.4. The number of carboxylic acid groups (broad SMARTS) is 1. The van der Waals surface area contributed by atoms with E-state index < -0.39 is 11.5 Å². The molecule has 22 heavy (non-hydrogen) atoms. The summed E-state index contributed by atoms with van der Waals surface area (Å²) >= 11 is 6.23. The van der Waals surface area contributed by atoms with Crippen molar-refractivity contribution in [1.29, 1.82) is 0 Å². The number of carbonyl (C=O) groups excluding carboxylic acids is 1. The summed E-state index contributed by atoms with van der Waals surface area (Å²) in [6, 6.07) is 7.13. The summed E-state index contributed by atoms with van der Waals surface area (Å²) in [5.74, 6) is 0.266. The first-order valence-corrected chi connectivity index (χ1v) is 8.10. The van der Waals surface area contributed by atoms with Gasteiger partial charge in [0.2, 0.25) is 0 Å². The number of amides is 1. The molecule has 0 spiro atoms.